The molecule has 1 fully saturated rings. The minimum Gasteiger partial charge on any atom is -0.481 e. The summed E-state index contributed by atoms with van der Waals surface area (Å²) in [7, 11) is 0. The van der Waals surface area contributed by atoms with Crippen molar-refractivity contribution < 1.29 is 14.4 Å². The maximum absolute atomic E-state index is 10.4. The van der Waals surface area contributed by atoms with Crippen LogP contribution in [0.5, 0.6) is 0 Å². The second kappa shape index (κ2) is 6.05. The van der Waals surface area contributed by atoms with Crippen molar-refractivity contribution in [1.82, 2.24) is 10.1 Å². The number of carboxylic acid groups (broad SMARTS) is 1. The topological polar surface area (TPSA) is 76.2 Å². The molecule has 0 spiro atoms. The molecule has 0 radical (unpaired) electrons. The van der Waals surface area contributed by atoms with E-state index in [-0.39, 0.29) is 6.42 Å². The fraction of sp³-hybridized carbons (Fsp3) is 0.727. The minimum atomic E-state index is -0.833. The second-order valence-corrected chi connectivity index (χ2v) is 5.48. The summed E-state index contributed by atoms with van der Waals surface area (Å²) in [6.07, 6.45) is 3.65. The normalized spacial score (nSPS) is 17.2. The van der Waals surface area contributed by atoms with E-state index in [0.717, 1.165) is 6.42 Å². The molecular weight excluding hydrogens is 240 g/mol. The van der Waals surface area contributed by atoms with E-state index in [0.29, 0.717) is 24.1 Å². The standard InChI is InChI=1S/C11H16N2O3S/c14-11(15)2-1-9-12-10(16-13-9)7-8-3-5-17-6-4-8/h8H,1-7H2,(H,14,15). The highest BCUT2D eigenvalue weighted by atomic mass is 32.2. The van der Waals surface area contributed by atoms with Crippen LogP contribution in [0.1, 0.15) is 31.0 Å². The lowest BCUT2D eigenvalue weighted by atomic mass is 9.99. The molecule has 0 atom stereocenters. The molecule has 1 aliphatic heterocycles. The van der Waals surface area contributed by atoms with Gasteiger partial charge in [-0.3, -0.25) is 4.79 Å². The van der Waals surface area contributed by atoms with Crippen LogP contribution in [-0.4, -0.2) is 32.7 Å². The molecule has 0 amide bonds. The predicted molar refractivity (Wildman–Crippen MR) is 64.0 cm³/mol. The van der Waals surface area contributed by atoms with Gasteiger partial charge in [0.2, 0.25) is 5.89 Å². The summed E-state index contributed by atoms with van der Waals surface area (Å²) in [5, 5.41) is 12.4. The van der Waals surface area contributed by atoms with Crippen molar-refractivity contribution in [2.24, 2.45) is 5.92 Å². The van der Waals surface area contributed by atoms with E-state index in [1.165, 1.54) is 24.3 Å². The first-order valence-electron chi connectivity index (χ1n) is 5.85. The zero-order valence-electron chi connectivity index (χ0n) is 9.59. The van der Waals surface area contributed by atoms with Gasteiger partial charge in [-0.05, 0) is 30.3 Å². The monoisotopic (exact) mass is 256 g/mol. The van der Waals surface area contributed by atoms with Crippen molar-refractivity contribution >= 4 is 17.7 Å². The summed E-state index contributed by atoms with van der Waals surface area (Å²) in [6, 6.07) is 0. The van der Waals surface area contributed by atoms with Gasteiger partial charge in [-0.1, -0.05) is 5.16 Å². The van der Waals surface area contributed by atoms with Crippen LogP contribution in [-0.2, 0) is 17.6 Å². The van der Waals surface area contributed by atoms with Gasteiger partial charge < -0.3 is 9.63 Å². The van der Waals surface area contributed by atoms with E-state index in [4.69, 9.17) is 9.63 Å². The van der Waals surface area contributed by atoms with Gasteiger partial charge in [0, 0.05) is 12.8 Å². The Morgan fingerprint density at radius 1 is 1.47 bits per heavy atom. The van der Waals surface area contributed by atoms with Crippen LogP contribution >= 0.6 is 11.8 Å². The van der Waals surface area contributed by atoms with E-state index in [1.807, 2.05) is 11.8 Å². The molecule has 2 heterocycles. The maximum atomic E-state index is 10.4. The van der Waals surface area contributed by atoms with Crippen molar-refractivity contribution in [1.29, 1.82) is 0 Å². The van der Waals surface area contributed by atoms with Gasteiger partial charge in [0.15, 0.2) is 5.82 Å². The number of hydrogen-bond acceptors (Lipinski definition) is 5. The number of thioether (sulfide) groups is 1. The smallest absolute Gasteiger partial charge is 0.303 e. The molecule has 1 aromatic rings. The Labute approximate surface area is 104 Å². The number of carboxylic acids is 1. The lowest BCUT2D eigenvalue weighted by Crippen LogP contribution is -2.12. The molecule has 1 N–H and O–H groups in total. The fourth-order valence-electron chi connectivity index (χ4n) is 1.89. The van der Waals surface area contributed by atoms with E-state index >= 15 is 0 Å². The Morgan fingerprint density at radius 3 is 2.94 bits per heavy atom. The SMILES string of the molecule is O=C(O)CCc1noc(CC2CCSCC2)n1. The van der Waals surface area contributed by atoms with Gasteiger partial charge in [-0.2, -0.15) is 16.7 Å². The van der Waals surface area contributed by atoms with Gasteiger partial charge in [0.25, 0.3) is 0 Å². The number of aromatic nitrogens is 2. The average molecular weight is 256 g/mol. The van der Waals surface area contributed by atoms with Crippen LogP contribution < -0.4 is 0 Å². The van der Waals surface area contributed by atoms with Crippen molar-refractivity contribution in [3.63, 3.8) is 0 Å². The predicted octanol–water partition coefficient (Wildman–Crippen LogP) is 1.77. The Bertz CT molecular complexity index is 375. The molecule has 6 heteroatoms. The highest BCUT2D eigenvalue weighted by Crippen LogP contribution is 2.25. The van der Waals surface area contributed by atoms with Crippen LogP contribution in [0.4, 0.5) is 0 Å². The summed E-state index contributed by atoms with van der Waals surface area (Å²) >= 11 is 1.99. The summed E-state index contributed by atoms with van der Waals surface area (Å²) in [6.45, 7) is 0. The van der Waals surface area contributed by atoms with Crippen molar-refractivity contribution in [2.45, 2.75) is 32.1 Å². The first kappa shape index (κ1) is 12.4. The largest absolute Gasteiger partial charge is 0.481 e. The molecule has 2 rings (SSSR count). The Kier molecular flexibility index (Phi) is 4.42. The molecule has 0 bridgehead atoms. The molecular formula is C11H16N2O3S. The van der Waals surface area contributed by atoms with Gasteiger partial charge in [0.05, 0.1) is 6.42 Å². The van der Waals surface area contributed by atoms with E-state index < -0.39 is 5.97 Å². The number of hydrogen-bond donors (Lipinski definition) is 1. The Balaban J connectivity index is 1.82. The van der Waals surface area contributed by atoms with E-state index in [9.17, 15) is 4.79 Å². The molecule has 1 aliphatic rings. The highest BCUT2D eigenvalue weighted by Gasteiger charge is 2.17. The molecule has 17 heavy (non-hydrogen) atoms. The summed E-state index contributed by atoms with van der Waals surface area (Å²) in [4.78, 5) is 14.6. The van der Waals surface area contributed by atoms with Crippen LogP contribution in [0.15, 0.2) is 4.52 Å². The third kappa shape index (κ3) is 4.03. The number of carbonyl (C=O) groups is 1. The zero-order valence-corrected chi connectivity index (χ0v) is 10.4. The van der Waals surface area contributed by atoms with Crippen molar-refractivity contribution in [3.05, 3.63) is 11.7 Å². The quantitative estimate of drug-likeness (QED) is 0.865. The first-order valence-corrected chi connectivity index (χ1v) is 7.00. The number of nitrogens with zero attached hydrogens (tertiary/aromatic N) is 2. The third-order valence-electron chi connectivity index (χ3n) is 2.88. The molecule has 0 aromatic carbocycles. The average Bonchev–Trinajstić information content (AvgIpc) is 2.75. The Hall–Kier alpha value is -1.04. The van der Waals surface area contributed by atoms with Crippen LogP contribution in [0.2, 0.25) is 0 Å². The number of rotatable bonds is 5. The minimum absolute atomic E-state index is 0.0546. The number of aryl methyl sites for hydroxylation is 1. The van der Waals surface area contributed by atoms with E-state index in [1.54, 1.807) is 0 Å². The highest BCUT2D eigenvalue weighted by molar-refractivity contribution is 7.99. The molecule has 1 saturated heterocycles. The lowest BCUT2D eigenvalue weighted by Gasteiger charge is -2.19. The molecule has 1 aromatic heterocycles. The summed E-state index contributed by atoms with van der Waals surface area (Å²) < 4.78 is 5.14. The van der Waals surface area contributed by atoms with E-state index in [2.05, 4.69) is 10.1 Å². The van der Waals surface area contributed by atoms with Gasteiger partial charge >= 0.3 is 5.97 Å². The number of aliphatic carboxylic acids is 1. The van der Waals surface area contributed by atoms with Gasteiger partial charge in [0.1, 0.15) is 0 Å². The van der Waals surface area contributed by atoms with Crippen molar-refractivity contribution in [3.8, 4) is 0 Å². The Morgan fingerprint density at radius 2 is 2.24 bits per heavy atom. The zero-order chi connectivity index (χ0) is 12.1. The van der Waals surface area contributed by atoms with Gasteiger partial charge in [-0.15, -0.1) is 0 Å². The van der Waals surface area contributed by atoms with Crippen LogP contribution in [0.25, 0.3) is 0 Å². The fourth-order valence-corrected chi connectivity index (χ4v) is 3.09. The first-order chi connectivity index (χ1) is 8.24. The second-order valence-electron chi connectivity index (χ2n) is 4.26. The van der Waals surface area contributed by atoms with Crippen molar-refractivity contribution in [2.75, 3.05) is 11.5 Å². The summed E-state index contributed by atoms with van der Waals surface area (Å²) in [5.74, 6) is 3.40. The molecule has 0 aliphatic carbocycles. The lowest BCUT2D eigenvalue weighted by molar-refractivity contribution is -0.137. The molecule has 0 unspecified atom stereocenters. The molecule has 0 saturated carbocycles. The van der Waals surface area contributed by atoms with Crippen LogP contribution in [0.3, 0.4) is 0 Å². The molecule has 94 valence electrons. The van der Waals surface area contributed by atoms with Gasteiger partial charge in [-0.25, -0.2) is 0 Å². The summed E-state index contributed by atoms with van der Waals surface area (Å²) in [5.41, 5.74) is 0. The van der Waals surface area contributed by atoms with Crippen LogP contribution in [0, 0.1) is 5.92 Å². The molecule has 5 nitrogen and oxygen atoms in total. The maximum Gasteiger partial charge on any atom is 0.303 e. The third-order valence-corrected chi connectivity index (χ3v) is 3.93.